The van der Waals surface area contributed by atoms with Crippen molar-refractivity contribution < 1.29 is 10.2 Å². The molecule has 5 aliphatic rings. The first-order valence-electron chi connectivity index (χ1n) is 13.8. The Labute approximate surface area is 197 Å². The van der Waals surface area contributed by atoms with Gasteiger partial charge in [-0.15, -0.1) is 0 Å². The van der Waals surface area contributed by atoms with Gasteiger partial charge in [-0.25, -0.2) is 0 Å². The first-order valence-corrected chi connectivity index (χ1v) is 13.8. The molecule has 5 rings (SSSR count). The normalized spacial score (nSPS) is 56.7. The molecule has 0 aromatic heterocycles. The van der Waals surface area contributed by atoms with Crippen molar-refractivity contribution in [1.82, 2.24) is 0 Å². The van der Waals surface area contributed by atoms with Crippen LogP contribution in [-0.2, 0) is 0 Å². The van der Waals surface area contributed by atoms with Crippen LogP contribution in [0.5, 0.6) is 0 Å². The molecule has 0 bridgehead atoms. The van der Waals surface area contributed by atoms with Crippen LogP contribution in [0.4, 0.5) is 0 Å². The van der Waals surface area contributed by atoms with Crippen molar-refractivity contribution in [2.24, 2.45) is 56.7 Å². The number of allylic oxidation sites excluding steroid dienone is 2. The summed E-state index contributed by atoms with van der Waals surface area (Å²) in [7, 11) is 0. The fourth-order valence-electron chi connectivity index (χ4n) is 11.4. The summed E-state index contributed by atoms with van der Waals surface area (Å²) in [5.74, 6) is 3.60. The minimum absolute atomic E-state index is 0.0201. The molecule has 0 heterocycles. The SMILES string of the molecule is CC(C)[C@H]1CC[C@@H]2[C@]1(C)CC[C@]1(C)[C@@H]3CC[C@H]4C(C)(C)[C@@H](O)[C@H](O)C[C@]4(C)C3=CC[C@@]21C. The Balaban J connectivity index is 1.56. The van der Waals surface area contributed by atoms with Gasteiger partial charge in [0.2, 0.25) is 0 Å². The van der Waals surface area contributed by atoms with Gasteiger partial charge in [0.1, 0.15) is 0 Å². The summed E-state index contributed by atoms with van der Waals surface area (Å²) in [6.07, 6.45) is 11.4. The molecule has 0 radical (unpaired) electrons. The van der Waals surface area contributed by atoms with E-state index >= 15 is 0 Å². The molecule has 0 aromatic rings. The highest BCUT2D eigenvalue weighted by Gasteiger charge is 2.68. The van der Waals surface area contributed by atoms with E-state index in [9.17, 15) is 10.2 Å². The average molecular weight is 443 g/mol. The Bertz CT molecular complexity index is 812. The molecule has 4 saturated carbocycles. The van der Waals surface area contributed by atoms with E-state index in [0.717, 1.165) is 24.2 Å². The van der Waals surface area contributed by atoms with Crippen LogP contribution in [0.3, 0.4) is 0 Å². The predicted octanol–water partition coefficient (Wildman–Crippen LogP) is 7.00. The minimum atomic E-state index is -0.608. The molecule has 4 fully saturated rings. The van der Waals surface area contributed by atoms with Gasteiger partial charge in [0.25, 0.3) is 0 Å². The highest BCUT2D eigenvalue weighted by atomic mass is 16.3. The summed E-state index contributed by atoms with van der Waals surface area (Å²) in [4.78, 5) is 0. The summed E-state index contributed by atoms with van der Waals surface area (Å²) < 4.78 is 0. The van der Waals surface area contributed by atoms with Gasteiger partial charge in [-0.3, -0.25) is 0 Å². The van der Waals surface area contributed by atoms with Gasteiger partial charge in [-0.2, -0.15) is 0 Å². The molecule has 0 aliphatic heterocycles. The van der Waals surface area contributed by atoms with E-state index in [1.54, 1.807) is 5.57 Å². The summed E-state index contributed by atoms with van der Waals surface area (Å²) in [6.45, 7) is 19.7. The summed E-state index contributed by atoms with van der Waals surface area (Å²) in [5.41, 5.74) is 2.68. The zero-order chi connectivity index (χ0) is 23.5. The standard InChI is InChI=1S/C30H50O2/c1-18(2)19-9-12-24-27(19,5)15-16-29(7)21-10-11-23-26(3,4)25(32)22(31)17-28(23,6)20(21)13-14-30(24,29)8/h13,18-19,21-25,31-32H,9-12,14-17H2,1-8H3/t19-,21-,22-,23+,24-,25+,27-,28-,29-,30+/m1/s1. The van der Waals surface area contributed by atoms with Gasteiger partial charge in [0, 0.05) is 0 Å². The molecule has 0 aromatic carbocycles. The molecule has 0 saturated heterocycles. The van der Waals surface area contributed by atoms with Crippen molar-refractivity contribution in [3.8, 4) is 0 Å². The van der Waals surface area contributed by atoms with E-state index in [1.165, 1.54) is 44.9 Å². The zero-order valence-corrected chi connectivity index (χ0v) is 22.2. The molecular weight excluding hydrogens is 392 g/mol. The monoisotopic (exact) mass is 442 g/mol. The van der Waals surface area contributed by atoms with Crippen LogP contribution in [0.25, 0.3) is 0 Å². The molecular formula is C30H50O2. The molecule has 0 amide bonds. The van der Waals surface area contributed by atoms with Crippen LogP contribution >= 0.6 is 0 Å². The van der Waals surface area contributed by atoms with Crippen molar-refractivity contribution in [3.63, 3.8) is 0 Å². The fourth-order valence-corrected chi connectivity index (χ4v) is 11.4. The third-order valence-corrected chi connectivity index (χ3v) is 13.2. The molecule has 32 heavy (non-hydrogen) atoms. The van der Waals surface area contributed by atoms with Crippen molar-refractivity contribution in [2.45, 2.75) is 119 Å². The number of aliphatic hydroxyl groups excluding tert-OH is 2. The zero-order valence-electron chi connectivity index (χ0n) is 22.2. The Kier molecular flexibility index (Phi) is 5.02. The summed E-state index contributed by atoms with van der Waals surface area (Å²) in [6, 6.07) is 0. The Morgan fingerprint density at radius 3 is 2.16 bits per heavy atom. The molecule has 2 N–H and O–H groups in total. The second-order valence-corrected chi connectivity index (χ2v) is 14.8. The van der Waals surface area contributed by atoms with Crippen molar-refractivity contribution >= 4 is 0 Å². The van der Waals surface area contributed by atoms with Gasteiger partial charge in [-0.1, -0.05) is 67.0 Å². The van der Waals surface area contributed by atoms with E-state index in [4.69, 9.17) is 0 Å². The van der Waals surface area contributed by atoms with Crippen LogP contribution in [0.15, 0.2) is 11.6 Å². The number of fused-ring (bicyclic) bond motifs is 7. The van der Waals surface area contributed by atoms with E-state index in [2.05, 4.69) is 61.5 Å². The van der Waals surface area contributed by atoms with E-state index in [1.807, 2.05) is 0 Å². The van der Waals surface area contributed by atoms with Crippen LogP contribution in [0.2, 0.25) is 0 Å². The number of hydrogen-bond acceptors (Lipinski definition) is 2. The van der Waals surface area contributed by atoms with Crippen LogP contribution in [0.1, 0.15) is 107 Å². The molecule has 10 atom stereocenters. The van der Waals surface area contributed by atoms with Crippen LogP contribution in [0, 0.1) is 56.7 Å². The Morgan fingerprint density at radius 2 is 1.50 bits per heavy atom. The minimum Gasteiger partial charge on any atom is -0.390 e. The van der Waals surface area contributed by atoms with Gasteiger partial charge in [-0.05, 0) is 108 Å². The van der Waals surface area contributed by atoms with Crippen molar-refractivity contribution in [1.29, 1.82) is 0 Å². The first kappa shape index (κ1) is 23.4. The first-order chi connectivity index (χ1) is 14.7. The van der Waals surface area contributed by atoms with E-state index in [-0.39, 0.29) is 10.8 Å². The number of hydrogen-bond donors (Lipinski definition) is 2. The number of aliphatic hydroxyl groups is 2. The van der Waals surface area contributed by atoms with Gasteiger partial charge in [0.15, 0.2) is 0 Å². The quantitative estimate of drug-likeness (QED) is 0.429. The maximum atomic E-state index is 10.9. The molecule has 0 unspecified atom stereocenters. The highest BCUT2D eigenvalue weighted by Crippen LogP contribution is 2.76. The maximum absolute atomic E-state index is 10.9. The third-order valence-electron chi connectivity index (χ3n) is 13.2. The van der Waals surface area contributed by atoms with Crippen molar-refractivity contribution in [3.05, 3.63) is 11.6 Å². The van der Waals surface area contributed by atoms with Gasteiger partial charge < -0.3 is 10.2 Å². The van der Waals surface area contributed by atoms with Crippen LogP contribution in [-0.4, -0.2) is 22.4 Å². The lowest BCUT2D eigenvalue weighted by atomic mass is 9.35. The van der Waals surface area contributed by atoms with E-state index < -0.39 is 12.2 Å². The average Bonchev–Trinajstić information content (AvgIpc) is 3.06. The van der Waals surface area contributed by atoms with Gasteiger partial charge in [0.05, 0.1) is 12.2 Å². The van der Waals surface area contributed by atoms with Gasteiger partial charge >= 0.3 is 0 Å². The molecule has 0 spiro atoms. The predicted molar refractivity (Wildman–Crippen MR) is 132 cm³/mol. The Morgan fingerprint density at radius 1 is 0.844 bits per heavy atom. The Hall–Kier alpha value is -0.340. The molecule has 5 aliphatic carbocycles. The maximum Gasteiger partial charge on any atom is 0.0853 e. The lowest BCUT2D eigenvalue weighted by Gasteiger charge is -2.69. The van der Waals surface area contributed by atoms with E-state index in [0.29, 0.717) is 28.1 Å². The lowest BCUT2D eigenvalue weighted by Crippen LogP contribution is -2.63. The second-order valence-electron chi connectivity index (χ2n) is 14.8. The number of rotatable bonds is 1. The topological polar surface area (TPSA) is 40.5 Å². The van der Waals surface area contributed by atoms with Crippen LogP contribution < -0.4 is 0 Å². The largest absolute Gasteiger partial charge is 0.390 e. The highest BCUT2D eigenvalue weighted by molar-refractivity contribution is 5.33. The summed E-state index contributed by atoms with van der Waals surface area (Å²) in [5, 5.41) is 21.8. The molecule has 2 heteroatoms. The molecule has 2 nitrogen and oxygen atoms in total. The lowest BCUT2D eigenvalue weighted by molar-refractivity contribution is -0.186. The summed E-state index contributed by atoms with van der Waals surface area (Å²) >= 11 is 0. The molecule has 182 valence electrons. The second kappa shape index (κ2) is 6.87. The third kappa shape index (κ3) is 2.61. The fraction of sp³-hybridized carbons (Fsp3) is 0.933. The smallest absolute Gasteiger partial charge is 0.0853 e. The van der Waals surface area contributed by atoms with Crippen molar-refractivity contribution in [2.75, 3.05) is 0 Å².